The van der Waals surface area contributed by atoms with Gasteiger partial charge >= 0.3 is 0 Å². The summed E-state index contributed by atoms with van der Waals surface area (Å²) in [5, 5.41) is 8.69. The molecule has 1 saturated heterocycles. The third-order valence-corrected chi connectivity index (χ3v) is 6.31. The van der Waals surface area contributed by atoms with E-state index in [2.05, 4.69) is 21.0 Å². The van der Waals surface area contributed by atoms with Crippen molar-refractivity contribution < 1.29 is 9.13 Å². The van der Waals surface area contributed by atoms with Crippen LogP contribution in [0.5, 0.6) is 5.75 Å². The van der Waals surface area contributed by atoms with E-state index in [1.54, 1.807) is 6.20 Å². The molecule has 1 spiro atoms. The molecule has 9 heteroatoms. The largest absolute Gasteiger partial charge is 0.485 e. The first-order valence-electron chi connectivity index (χ1n) is 9.66. The third-order valence-electron chi connectivity index (χ3n) is 5.94. The lowest BCUT2D eigenvalue weighted by Crippen LogP contribution is -2.25. The Morgan fingerprint density at radius 3 is 2.93 bits per heavy atom. The summed E-state index contributed by atoms with van der Waals surface area (Å²) in [6, 6.07) is 8.15. The Kier molecular flexibility index (Phi) is 5.61. The van der Waals surface area contributed by atoms with Gasteiger partial charge in [0, 0.05) is 46.5 Å². The number of aryl methyl sites for hydroxylation is 1. The quantitative estimate of drug-likeness (QED) is 0.630. The highest BCUT2D eigenvalue weighted by molar-refractivity contribution is 6.31. The van der Waals surface area contributed by atoms with Gasteiger partial charge in [-0.15, -0.1) is 12.4 Å². The van der Waals surface area contributed by atoms with Crippen LogP contribution in [0.1, 0.15) is 24.1 Å². The Morgan fingerprint density at radius 1 is 1.27 bits per heavy atom. The highest BCUT2D eigenvalue weighted by Crippen LogP contribution is 2.41. The van der Waals surface area contributed by atoms with Gasteiger partial charge in [-0.3, -0.25) is 4.68 Å². The summed E-state index contributed by atoms with van der Waals surface area (Å²) in [6.07, 6.45) is 3.97. The number of ether oxygens (including phenoxy) is 1. The Morgan fingerprint density at radius 2 is 2.13 bits per heavy atom. The molecule has 1 unspecified atom stereocenters. The van der Waals surface area contributed by atoms with E-state index in [1.807, 2.05) is 6.07 Å². The minimum atomic E-state index is -0.365. The zero-order valence-corrected chi connectivity index (χ0v) is 17.8. The fourth-order valence-electron chi connectivity index (χ4n) is 4.30. The predicted octanol–water partition coefficient (Wildman–Crippen LogP) is 3.96. The Bertz CT molecular complexity index is 1080. The normalized spacial score (nSPS) is 19.7. The zero-order chi connectivity index (χ0) is 20.0. The highest BCUT2D eigenvalue weighted by atomic mass is 35.5. The molecule has 1 aromatic carbocycles. The molecule has 158 valence electrons. The van der Waals surface area contributed by atoms with Crippen LogP contribution in [-0.2, 0) is 18.6 Å². The van der Waals surface area contributed by atoms with Gasteiger partial charge in [0.15, 0.2) is 11.6 Å². The molecule has 5 rings (SSSR count). The van der Waals surface area contributed by atoms with E-state index in [4.69, 9.17) is 27.2 Å². The fraction of sp³-hybridized carbons (Fsp3) is 0.333. The second-order valence-corrected chi connectivity index (χ2v) is 8.13. The van der Waals surface area contributed by atoms with E-state index in [-0.39, 0.29) is 36.1 Å². The molecular formula is C21H22Cl2FN5O. The first-order chi connectivity index (χ1) is 14.0. The summed E-state index contributed by atoms with van der Waals surface area (Å²) in [7, 11) is 0. The van der Waals surface area contributed by atoms with Crippen molar-refractivity contribution in [3.8, 4) is 17.0 Å². The van der Waals surface area contributed by atoms with Crippen molar-refractivity contribution in [2.45, 2.75) is 31.4 Å². The number of nitrogens with one attached hydrogen (secondary N) is 1. The van der Waals surface area contributed by atoms with Crippen LogP contribution >= 0.6 is 24.0 Å². The summed E-state index contributed by atoms with van der Waals surface area (Å²) in [4.78, 5) is 4.26. The number of hydrogen-bond acceptors (Lipinski definition) is 5. The van der Waals surface area contributed by atoms with Gasteiger partial charge in [-0.25, -0.2) is 9.37 Å². The maximum atomic E-state index is 13.5. The Hall–Kier alpha value is -2.35. The number of pyridine rings is 1. The summed E-state index contributed by atoms with van der Waals surface area (Å²) in [5.74, 6) is 0.327. The zero-order valence-electron chi connectivity index (χ0n) is 16.2. The maximum absolute atomic E-state index is 13.5. The van der Waals surface area contributed by atoms with Crippen LogP contribution in [0.4, 0.5) is 10.2 Å². The number of nitrogen functional groups attached to an aromatic ring is 1. The van der Waals surface area contributed by atoms with Gasteiger partial charge in [0.25, 0.3) is 0 Å². The van der Waals surface area contributed by atoms with Crippen LogP contribution in [0.3, 0.4) is 0 Å². The number of halogens is 3. The van der Waals surface area contributed by atoms with E-state index in [9.17, 15) is 4.39 Å². The van der Waals surface area contributed by atoms with Crippen LogP contribution in [0.25, 0.3) is 11.3 Å². The first kappa shape index (κ1) is 20.9. The van der Waals surface area contributed by atoms with Crippen LogP contribution in [0, 0.1) is 5.82 Å². The first-order valence-corrected chi connectivity index (χ1v) is 10.0. The Balaban J connectivity index is 0.00000218. The van der Waals surface area contributed by atoms with Crippen LogP contribution in [0.15, 0.2) is 36.5 Å². The van der Waals surface area contributed by atoms with Crippen LogP contribution < -0.4 is 15.8 Å². The summed E-state index contributed by atoms with van der Waals surface area (Å²) < 4.78 is 21.4. The van der Waals surface area contributed by atoms with Crippen molar-refractivity contribution >= 4 is 29.8 Å². The second-order valence-electron chi connectivity index (χ2n) is 7.73. The molecule has 2 aliphatic heterocycles. The third kappa shape index (κ3) is 3.62. The summed E-state index contributed by atoms with van der Waals surface area (Å²) >= 11 is 6.12. The molecule has 3 N–H and O–H groups in total. The number of anilines is 1. The molecule has 4 heterocycles. The minimum Gasteiger partial charge on any atom is -0.485 e. The van der Waals surface area contributed by atoms with Gasteiger partial charge in [-0.1, -0.05) is 11.6 Å². The van der Waals surface area contributed by atoms with E-state index in [1.165, 1.54) is 23.9 Å². The number of nitrogens with two attached hydrogens (primary N) is 1. The van der Waals surface area contributed by atoms with E-state index < -0.39 is 0 Å². The number of aromatic nitrogens is 3. The summed E-state index contributed by atoms with van der Waals surface area (Å²) in [6.45, 7) is 3.08. The highest BCUT2D eigenvalue weighted by Gasteiger charge is 2.42. The van der Waals surface area contributed by atoms with Gasteiger partial charge in [0.05, 0.1) is 5.69 Å². The smallest absolute Gasteiger partial charge is 0.166 e. The SMILES string of the molecule is Cl.Nc1ncc(-c2cc3n(n2)CCC32CCNC2)cc1OCc1cc(F)ccc1Cl. The molecular weight excluding hydrogens is 428 g/mol. The standard InChI is InChI=1S/C21H21ClFN5O.ClH/c22-16-2-1-15(23)7-14(16)11-29-18-8-13(10-26-20(18)24)17-9-19-21(3-5-25-12-21)4-6-28(19)27-17;/h1-2,7-10,25H,3-6,11-12H2,(H2,24,26);1H. The molecule has 0 saturated carbocycles. The van der Waals surface area contributed by atoms with Gasteiger partial charge < -0.3 is 15.8 Å². The second kappa shape index (κ2) is 8.06. The molecule has 0 bridgehead atoms. The van der Waals surface area contributed by atoms with Crippen LogP contribution in [0.2, 0.25) is 5.02 Å². The van der Waals surface area contributed by atoms with E-state index >= 15 is 0 Å². The van der Waals surface area contributed by atoms with Crippen molar-refractivity contribution in [2.75, 3.05) is 18.8 Å². The lowest BCUT2D eigenvalue weighted by Gasteiger charge is -2.20. The van der Waals surface area contributed by atoms with Gasteiger partial charge in [0.2, 0.25) is 0 Å². The number of hydrogen-bond donors (Lipinski definition) is 2. The summed E-state index contributed by atoms with van der Waals surface area (Å²) in [5.41, 5.74) is 9.70. The average molecular weight is 450 g/mol. The van der Waals surface area contributed by atoms with Crippen molar-refractivity contribution in [3.63, 3.8) is 0 Å². The van der Waals surface area contributed by atoms with Crippen molar-refractivity contribution in [2.24, 2.45) is 0 Å². The van der Waals surface area contributed by atoms with Crippen LogP contribution in [-0.4, -0.2) is 27.9 Å². The van der Waals surface area contributed by atoms with Crippen molar-refractivity contribution in [3.05, 3.63) is 58.6 Å². The lowest BCUT2D eigenvalue weighted by molar-refractivity contribution is 0.306. The van der Waals surface area contributed by atoms with Crippen molar-refractivity contribution in [1.29, 1.82) is 0 Å². The molecule has 2 aromatic heterocycles. The number of nitrogens with zero attached hydrogens (tertiary/aromatic N) is 3. The molecule has 1 fully saturated rings. The molecule has 2 aliphatic rings. The average Bonchev–Trinajstić information content (AvgIpc) is 3.42. The van der Waals surface area contributed by atoms with Gasteiger partial charge in [-0.2, -0.15) is 5.10 Å². The monoisotopic (exact) mass is 449 g/mol. The van der Waals surface area contributed by atoms with E-state index in [0.717, 1.165) is 43.7 Å². The molecule has 0 amide bonds. The predicted molar refractivity (Wildman–Crippen MR) is 117 cm³/mol. The molecule has 0 radical (unpaired) electrons. The molecule has 3 aromatic rings. The minimum absolute atomic E-state index is 0. The van der Waals surface area contributed by atoms with Gasteiger partial charge in [0.1, 0.15) is 12.4 Å². The number of fused-ring (bicyclic) bond motifs is 2. The topological polar surface area (TPSA) is 78.0 Å². The molecule has 6 nitrogen and oxygen atoms in total. The fourth-order valence-corrected chi connectivity index (χ4v) is 4.47. The van der Waals surface area contributed by atoms with E-state index in [0.29, 0.717) is 16.3 Å². The maximum Gasteiger partial charge on any atom is 0.166 e. The van der Waals surface area contributed by atoms with Crippen molar-refractivity contribution in [1.82, 2.24) is 20.1 Å². The number of benzene rings is 1. The molecule has 1 atom stereocenters. The molecule has 30 heavy (non-hydrogen) atoms. The Labute approximate surface area is 185 Å². The van der Waals surface area contributed by atoms with Gasteiger partial charge in [-0.05, 0) is 49.7 Å². The number of rotatable bonds is 4. The lowest BCUT2D eigenvalue weighted by atomic mass is 9.82. The molecule has 0 aliphatic carbocycles.